The maximum Gasteiger partial charge on any atom is 0.369 e. The standard InChI is InChI=1S/C14H13FN2O3/c15-11-3-1-2-10(8-11)13-12(14(18)20-16-13)9-17-4-6-19-7-5-17/h1-3,8-9H,4-7H2/b12-9-. The molecule has 0 aromatic heterocycles. The zero-order valence-corrected chi connectivity index (χ0v) is 10.7. The van der Waals surface area contributed by atoms with E-state index in [1.54, 1.807) is 18.3 Å². The van der Waals surface area contributed by atoms with Crippen LogP contribution in [-0.4, -0.2) is 42.9 Å². The molecule has 0 amide bonds. The summed E-state index contributed by atoms with van der Waals surface area (Å²) in [5.74, 6) is -0.897. The lowest BCUT2D eigenvalue weighted by molar-refractivity contribution is -0.137. The summed E-state index contributed by atoms with van der Waals surface area (Å²) >= 11 is 0. The summed E-state index contributed by atoms with van der Waals surface area (Å²) in [5, 5.41) is 3.75. The van der Waals surface area contributed by atoms with Gasteiger partial charge in [0.25, 0.3) is 0 Å². The molecule has 2 heterocycles. The third-order valence-electron chi connectivity index (χ3n) is 3.15. The topological polar surface area (TPSA) is 51.1 Å². The highest BCUT2D eigenvalue weighted by Gasteiger charge is 2.28. The van der Waals surface area contributed by atoms with Crippen LogP contribution >= 0.6 is 0 Å². The Morgan fingerprint density at radius 3 is 2.85 bits per heavy atom. The Balaban J connectivity index is 1.90. The SMILES string of the molecule is O=C1ON=C(c2cccc(F)c2)/C1=C/N1CCOCC1. The van der Waals surface area contributed by atoms with Crippen molar-refractivity contribution in [1.29, 1.82) is 0 Å². The highest BCUT2D eigenvalue weighted by Crippen LogP contribution is 2.19. The first-order valence-electron chi connectivity index (χ1n) is 6.33. The lowest BCUT2D eigenvalue weighted by Gasteiger charge is -2.25. The number of oxime groups is 1. The largest absolute Gasteiger partial charge is 0.378 e. The van der Waals surface area contributed by atoms with Crippen LogP contribution in [0.4, 0.5) is 4.39 Å². The van der Waals surface area contributed by atoms with Gasteiger partial charge in [-0.2, -0.15) is 0 Å². The lowest BCUT2D eigenvalue weighted by Crippen LogP contribution is -2.33. The van der Waals surface area contributed by atoms with Gasteiger partial charge >= 0.3 is 5.97 Å². The fourth-order valence-corrected chi connectivity index (χ4v) is 2.13. The summed E-state index contributed by atoms with van der Waals surface area (Å²) in [6.45, 7) is 2.64. The molecule has 1 fully saturated rings. The minimum atomic E-state index is -0.518. The summed E-state index contributed by atoms with van der Waals surface area (Å²) in [4.78, 5) is 18.4. The molecule has 1 saturated heterocycles. The number of carbonyl (C=O) groups is 1. The van der Waals surface area contributed by atoms with Crippen LogP contribution in [0.1, 0.15) is 5.56 Å². The quantitative estimate of drug-likeness (QED) is 0.603. The van der Waals surface area contributed by atoms with Crippen molar-refractivity contribution >= 4 is 11.7 Å². The summed E-state index contributed by atoms with van der Waals surface area (Å²) < 4.78 is 18.5. The summed E-state index contributed by atoms with van der Waals surface area (Å²) in [5.41, 5.74) is 1.23. The molecular formula is C14H13FN2O3. The number of halogens is 1. The number of morpholine rings is 1. The predicted molar refractivity (Wildman–Crippen MR) is 69.5 cm³/mol. The second-order valence-corrected chi connectivity index (χ2v) is 4.52. The zero-order chi connectivity index (χ0) is 13.9. The maximum absolute atomic E-state index is 13.3. The predicted octanol–water partition coefficient (Wildman–Crippen LogP) is 1.30. The van der Waals surface area contributed by atoms with Gasteiger partial charge in [-0.15, -0.1) is 0 Å². The average Bonchev–Trinajstić information content (AvgIpc) is 2.82. The first-order chi connectivity index (χ1) is 9.74. The van der Waals surface area contributed by atoms with Crippen molar-refractivity contribution in [2.75, 3.05) is 26.3 Å². The minimum Gasteiger partial charge on any atom is -0.378 e. The molecule has 6 heteroatoms. The van der Waals surface area contributed by atoms with E-state index in [1.165, 1.54) is 12.1 Å². The van der Waals surface area contributed by atoms with E-state index in [4.69, 9.17) is 9.57 Å². The van der Waals surface area contributed by atoms with Crippen molar-refractivity contribution in [2.45, 2.75) is 0 Å². The van der Waals surface area contributed by atoms with Crippen molar-refractivity contribution < 1.29 is 18.8 Å². The van der Waals surface area contributed by atoms with E-state index in [0.717, 1.165) is 0 Å². The fourth-order valence-electron chi connectivity index (χ4n) is 2.13. The van der Waals surface area contributed by atoms with Crippen LogP contribution in [-0.2, 0) is 14.4 Å². The number of nitrogens with zero attached hydrogens (tertiary/aromatic N) is 2. The second kappa shape index (κ2) is 5.42. The van der Waals surface area contributed by atoms with Gasteiger partial charge in [0.15, 0.2) is 0 Å². The Morgan fingerprint density at radius 2 is 2.10 bits per heavy atom. The van der Waals surface area contributed by atoms with Gasteiger partial charge in [-0.3, -0.25) is 0 Å². The van der Waals surface area contributed by atoms with E-state index < -0.39 is 5.97 Å². The van der Waals surface area contributed by atoms with Gasteiger partial charge in [0.2, 0.25) is 0 Å². The number of ether oxygens (including phenoxy) is 1. The van der Waals surface area contributed by atoms with Crippen LogP contribution in [0.5, 0.6) is 0 Å². The molecule has 1 aromatic carbocycles. The molecule has 0 radical (unpaired) electrons. The van der Waals surface area contributed by atoms with Crippen LogP contribution in [0, 0.1) is 5.82 Å². The molecule has 0 N–H and O–H groups in total. The minimum absolute atomic E-state index is 0.345. The summed E-state index contributed by atoms with van der Waals surface area (Å²) in [7, 11) is 0. The molecule has 1 aromatic rings. The van der Waals surface area contributed by atoms with Crippen molar-refractivity contribution in [3.05, 3.63) is 47.4 Å². The van der Waals surface area contributed by atoms with Crippen LogP contribution in [0.25, 0.3) is 0 Å². The van der Waals surface area contributed by atoms with Crippen molar-refractivity contribution in [2.24, 2.45) is 5.16 Å². The highest BCUT2D eigenvalue weighted by molar-refractivity contribution is 6.28. The Labute approximate surface area is 115 Å². The molecule has 0 atom stereocenters. The Kier molecular flexibility index (Phi) is 3.47. The van der Waals surface area contributed by atoms with E-state index in [-0.39, 0.29) is 5.82 Å². The van der Waals surface area contributed by atoms with E-state index >= 15 is 0 Å². The van der Waals surface area contributed by atoms with Gasteiger partial charge in [0, 0.05) is 24.9 Å². The van der Waals surface area contributed by atoms with Crippen LogP contribution in [0.15, 0.2) is 41.2 Å². The van der Waals surface area contributed by atoms with Gasteiger partial charge < -0.3 is 14.5 Å². The van der Waals surface area contributed by atoms with Crippen molar-refractivity contribution in [3.8, 4) is 0 Å². The number of benzene rings is 1. The van der Waals surface area contributed by atoms with Crippen molar-refractivity contribution in [1.82, 2.24) is 4.90 Å². The molecule has 0 spiro atoms. The zero-order valence-electron chi connectivity index (χ0n) is 10.7. The van der Waals surface area contributed by atoms with Crippen LogP contribution in [0.3, 0.4) is 0 Å². The molecule has 20 heavy (non-hydrogen) atoms. The highest BCUT2D eigenvalue weighted by atomic mass is 19.1. The average molecular weight is 276 g/mol. The number of carbonyl (C=O) groups excluding carboxylic acids is 1. The van der Waals surface area contributed by atoms with Crippen LogP contribution < -0.4 is 0 Å². The molecular weight excluding hydrogens is 263 g/mol. The fraction of sp³-hybridized carbons (Fsp3) is 0.286. The number of hydrogen-bond donors (Lipinski definition) is 0. The van der Waals surface area contributed by atoms with Crippen LogP contribution in [0.2, 0.25) is 0 Å². The smallest absolute Gasteiger partial charge is 0.369 e. The third kappa shape index (κ3) is 2.55. The number of rotatable bonds is 2. The van der Waals surface area contributed by atoms with E-state index in [9.17, 15) is 9.18 Å². The van der Waals surface area contributed by atoms with Crippen molar-refractivity contribution in [3.63, 3.8) is 0 Å². The maximum atomic E-state index is 13.3. The Morgan fingerprint density at radius 1 is 1.30 bits per heavy atom. The first kappa shape index (κ1) is 12.8. The van der Waals surface area contributed by atoms with Gasteiger partial charge in [0.1, 0.15) is 17.1 Å². The van der Waals surface area contributed by atoms with Gasteiger partial charge in [-0.1, -0.05) is 17.3 Å². The number of hydrogen-bond acceptors (Lipinski definition) is 5. The molecule has 3 rings (SSSR count). The van der Waals surface area contributed by atoms with E-state index in [0.29, 0.717) is 43.2 Å². The lowest BCUT2D eigenvalue weighted by atomic mass is 10.0. The van der Waals surface area contributed by atoms with E-state index in [1.807, 2.05) is 4.90 Å². The Hall–Kier alpha value is -2.21. The monoisotopic (exact) mass is 276 g/mol. The van der Waals surface area contributed by atoms with Gasteiger partial charge in [-0.05, 0) is 12.1 Å². The third-order valence-corrected chi connectivity index (χ3v) is 3.15. The first-order valence-corrected chi connectivity index (χ1v) is 6.33. The summed E-state index contributed by atoms with van der Waals surface area (Å²) in [6, 6.07) is 5.93. The Bertz CT molecular complexity index is 592. The second-order valence-electron chi connectivity index (χ2n) is 4.52. The summed E-state index contributed by atoms with van der Waals surface area (Å²) in [6.07, 6.45) is 1.71. The molecule has 2 aliphatic rings. The normalized spacial score (nSPS) is 21.1. The van der Waals surface area contributed by atoms with Gasteiger partial charge in [0.05, 0.1) is 13.2 Å². The molecule has 104 valence electrons. The molecule has 0 unspecified atom stereocenters. The van der Waals surface area contributed by atoms with E-state index in [2.05, 4.69) is 5.16 Å². The molecule has 2 aliphatic heterocycles. The molecule has 5 nitrogen and oxygen atoms in total. The molecule has 0 saturated carbocycles. The van der Waals surface area contributed by atoms with Gasteiger partial charge in [-0.25, -0.2) is 9.18 Å². The molecule has 0 bridgehead atoms. The molecule has 0 aliphatic carbocycles.